The molecule has 0 aliphatic rings. The number of nitrogens with zero attached hydrogens (tertiary/aromatic N) is 2. The molecule has 17 heavy (non-hydrogen) atoms. The van der Waals surface area contributed by atoms with Gasteiger partial charge in [-0.2, -0.15) is 0 Å². The zero-order chi connectivity index (χ0) is 12.3. The van der Waals surface area contributed by atoms with Crippen LogP contribution in [0.3, 0.4) is 0 Å². The van der Waals surface area contributed by atoms with Gasteiger partial charge in [-0.15, -0.1) is 0 Å². The number of nitrogens with one attached hydrogen (secondary N) is 1. The molecule has 86 valence electrons. The fourth-order valence-corrected chi connectivity index (χ4v) is 1.41. The minimum Gasteiger partial charge on any atom is -0.411 e. The third kappa shape index (κ3) is 2.31. The van der Waals surface area contributed by atoms with Crippen molar-refractivity contribution >= 4 is 6.21 Å². The summed E-state index contributed by atoms with van der Waals surface area (Å²) in [6, 6.07) is 8.00. The fourth-order valence-electron chi connectivity index (χ4n) is 1.41. The van der Waals surface area contributed by atoms with Gasteiger partial charge in [0.05, 0.1) is 11.9 Å². The van der Waals surface area contributed by atoms with Gasteiger partial charge in [-0.1, -0.05) is 17.3 Å². The van der Waals surface area contributed by atoms with Crippen LogP contribution >= 0.6 is 0 Å². The van der Waals surface area contributed by atoms with Gasteiger partial charge < -0.3 is 5.21 Å². The van der Waals surface area contributed by atoms with E-state index in [0.29, 0.717) is 11.3 Å². The quantitative estimate of drug-likeness (QED) is 0.443. The van der Waals surface area contributed by atoms with Crippen LogP contribution in [-0.4, -0.2) is 21.0 Å². The maximum atomic E-state index is 11.5. The number of benzene rings is 1. The van der Waals surface area contributed by atoms with E-state index in [1.807, 2.05) is 0 Å². The van der Waals surface area contributed by atoms with Crippen molar-refractivity contribution in [3.8, 4) is 5.69 Å². The van der Waals surface area contributed by atoms with Crippen LogP contribution in [0.15, 0.2) is 51.3 Å². The summed E-state index contributed by atoms with van der Waals surface area (Å²) < 4.78 is 1.31. The molecule has 0 unspecified atom stereocenters. The topological polar surface area (TPSA) is 87.4 Å². The van der Waals surface area contributed by atoms with Gasteiger partial charge in [-0.05, 0) is 17.7 Å². The van der Waals surface area contributed by atoms with Crippen molar-refractivity contribution in [2.75, 3.05) is 0 Å². The highest BCUT2D eigenvalue weighted by Crippen LogP contribution is 2.05. The number of hydrogen-bond acceptors (Lipinski definition) is 4. The average Bonchev–Trinajstić information content (AvgIpc) is 2.31. The van der Waals surface area contributed by atoms with Crippen LogP contribution in [0.25, 0.3) is 5.69 Å². The lowest BCUT2D eigenvalue weighted by Gasteiger charge is -2.03. The second-order valence-electron chi connectivity index (χ2n) is 3.32. The second-order valence-corrected chi connectivity index (χ2v) is 3.32. The third-order valence-electron chi connectivity index (χ3n) is 2.20. The molecular formula is C11H9N3O3. The van der Waals surface area contributed by atoms with E-state index in [-0.39, 0.29) is 0 Å². The van der Waals surface area contributed by atoms with Crippen LogP contribution in [-0.2, 0) is 0 Å². The predicted molar refractivity (Wildman–Crippen MR) is 62.0 cm³/mol. The molecular weight excluding hydrogens is 222 g/mol. The highest BCUT2D eigenvalue weighted by Gasteiger charge is 1.99. The summed E-state index contributed by atoms with van der Waals surface area (Å²) in [6.45, 7) is 0. The van der Waals surface area contributed by atoms with E-state index in [0.717, 1.165) is 0 Å². The first-order valence-corrected chi connectivity index (χ1v) is 4.80. The molecule has 2 rings (SSSR count). The highest BCUT2D eigenvalue weighted by atomic mass is 16.4. The number of hydrogen-bond donors (Lipinski definition) is 2. The molecule has 6 nitrogen and oxygen atoms in total. The van der Waals surface area contributed by atoms with Gasteiger partial charge in [0.15, 0.2) is 0 Å². The first-order valence-electron chi connectivity index (χ1n) is 4.80. The van der Waals surface area contributed by atoms with Gasteiger partial charge in [0.1, 0.15) is 0 Å². The first kappa shape index (κ1) is 10.9. The monoisotopic (exact) mass is 231 g/mol. The van der Waals surface area contributed by atoms with Crippen molar-refractivity contribution in [2.24, 2.45) is 5.16 Å². The van der Waals surface area contributed by atoms with Crippen LogP contribution < -0.4 is 11.2 Å². The molecule has 0 radical (unpaired) electrons. The number of aromatic nitrogens is 2. The Morgan fingerprint density at radius 1 is 1.18 bits per heavy atom. The first-order chi connectivity index (χ1) is 8.20. The summed E-state index contributed by atoms with van der Waals surface area (Å²) in [4.78, 5) is 24.6. The molecule has 0 bridgehead atoms. The minimum absolute atomic E-state index is 0.435. The summed E-state index contributed by atoms with van der Waals surface area (Å²) in [6.07, 6.45) is 2.68. The smallest absolute Gasteiger partial charge is 0.332 e. The van der Waals surface area contributed by atoms with Gasteiger partial charge >= 0.3 is 5.69 Å². The lowest BCUT2D eigenvalue weighted by Crippen LogP contribution is -2.27. The standard InChI is InChI=1S/C11H9N3O3/c15-10-5-6-14(11(16)13-10)9-3-1-8(2-4-9)7-12-17/h1-7,17H,(H,13,15,16)/b12-7+. The third-order valence-corrected chi connectivity index (χ3v) is 2.20. The Bertz CT molecular complexity index is 653. The molecule has 0 aliphatic carbocycles. The van der Waals surface area contributed by atoms with Crippen molar-refractivity contribution in [1.29, 1.82) is 0 Å². The van der Waals surface area contributed by atoms with Crippen molar-refractivity contribution in [2.45, 2.75) is 0 Å². The molecule has 0 atom stereocenters. The number of H-pyrrole nitrogens is 1. The SMILES string of the molecule is O=c1ccn(-c2ccc(/C=N/O)cc2)c(=O)[nH]1. The van der Waals surface area contributed by atoms with E-state index in [4.69, 9.17) is 5.21 Å². The summed E-state index contributed by atoms with van der Waals surface area (Å²) in [5, 5.41) is 11.3. The molecule has 1 aromatic heterocycles. The number of aromatic amines is 1. The van der Waals surface area contributed by atoms with Gasteiger partial charge in [0.2, 0.25) is 0 Å². The molecule has 0 fully saturated rings. The fraction of sp³-hybridized carbons (Fsp3) is 0. The largest absolute Gasteiger partial charge is 0.411 e. The van der Waals surface area contributed by atoms with E-state index in [9.17, 15) is 9.59 Å². The summed E-state index contributed by atoms with van der Waals surface area (Å²) in [5.41, 5.74) is 0.381. The molecule has 2 aromatic rings. The summed E-state index contributed by atoms with van der Waals surface area (Å²) in [5.74, 6) is 0. The van der Waals surface area contributed by atoms with Gasteiger partial charge in [-0.25, -0.2) is 4.79 Å². The number of rotatable bonds is 2. The summed E-state index contributed by atoms with van der Waals surface area (Å²) >= 11 is 0. The molecule has 1 heterocycles. The van der Waals surface area contributed by atoms with Gasteiger partial charge in [0, 0.05) is 12.3 Å². The minimum atomic E-state index is -0.499. The Balaban J connectivity index is 2.47. The lowest BCUT2D eigenvalue weighted by atomic mass is 10.2. The molecule has 0 aliphatic heterocycles. The zero-order valence-electron chi connectivity index (χ0n) is 8.70. The van der Waals surface area contributed by atoms with Gasteiger partial charge in [-0.3, -0.25) is 14.3 Å². The Morgan fingerprint density at radius 2 is 1.88 bits per heavy atom. The van der Waals surface area contributed by atoms with Crippen molar-refractivity contribution in [3.63, 3.8) is 0 Å². The molecule has 1 aromatic carbocycles. The molecule has 0 saturated heterocycles. The highest BCUT2D eigenvalue weighted by molar-refractivity contribution is 5.79. The van der Waals surface area contributed by atoms with E-state index >= 15 is 0 Å². The lowest BCUT2D eigenvalue weighted by molar-refractivity contribution is 0.322. The van der Waals surface area contributed by atoms with E-state index in [1.165, 1.54) is 23.0 Å². The number of oxime groups is 1. The van der Waals surface area contributed by atoms with E-state index in [1.54, 1.807) is 24.3 Å². The Morgan fingerprint density at radius 3 is 2.47 bits per heavy atom. The zero-order valence-corrected chi connectivity index (χ0v) is 8.70. The Labute approximate surface area is 95.5 Å². The van der Waals surface area contributed by atoms with Crippen LogP contribution in [0.4, 0.5) is 0 Å². The molecule has 0 amide bonds. The summed E-state index contributed by atoms with van der Waals surface area (Å²) in [7, 11) is 0. The van der Waals surface area contributed by atoms with Crippen molar-refractivity contribution in [1.82, 2.24) is 9.55 Å². The van der Waals surface area contributed by atoms with E-state index < -0.39 is 11.2 Å². The van der Waals surface area contributed by atoms with Gasteiger partial charge in [0.25, 0.3) is 5.56 Å². The van der Waals surface area contributed by atoms with Crippen LogP contribution in [0.2, 0.25) is 0 Å². The maximum absolute atomic E-state index is 11.5. The van der Waals surface area contributed by atoms with Crippen molar-refractivity contribution in [3.05, 3.63) is 62.9 Å². The van der Waals surface area contributed by atoms with Crippen molar-refractivity contribution < 1.29 is 5.21 Å². The molecule has 6 heteroatoms. The Hall–Kier alpha value is -2.63. The predicted octanol–water partition coefficient (Wildman–Crippen LogP) is 0.334. The molecule has 2 N–H and O–H groups in total. The average molecular weight is 231 g/mol. The second kappa shape index (κ2) is 4.48. The van der Waals surface area contributed by atoms with E-state index in [2.05, 4.69) is 10.1 Å². The molecule has 0 spiro atoms. The van der Waals surface area contributed by atoms with Crippen LogP contribution in [0.5, 0.6) is 0 Å². The van der Waals surface area contributed by atoms with Crippen LogP contribution in [0.1, 0.15) is 5.56 Å². The normalized spacial score (nSPS) is 10.8. The Kier molecular flexibility index (Phi) is 2.87. The maximum Gasteiger partial charge on any atom is 0.332 e. The molecule has 0 saturated carbocycles. The van der Waals surface area contributed by atoms with Crippen LogP contribution in [0, 0.1) is 0 Å².